The van der Waals surface area contributed by atoms with Crippen molar-refractivity contribution < 1.29 is 19.1 Å². The minimum atomic E-state index is -0.662. The van der Waals surface area contributed by atoms with E-state index in [0.29, 0.717) is 19.7 Å². The Labute approximate surface area is 147 Å². The predicted molar refractivity (Wildman–Crippen MR) is 91.5 cm³/mol. The van der Waals surface area contributed by atoms with Crippen LogP contribution in [-0.2, 0) is 25.6 Å². The fraction of sp³-hybridized carbons (Fsp3) is 0.500. The van der Waals surface area contributed by atoms with Crippen molar-refractivity contribution >= 4 is 11.9 Å². The van der Waals surface area contributed by atoms with Gasteiger partial charge in [-0.3, -0.25) is 9.59 Å². The van der Waals surface area contributed by atoms with Gasteiger partial charge in [-0.25, -0.2) is 0 Å². The average Bonchev–Trinajstić information content (AvgIpc) is 3.25. The number of hydrogen-bond acceptors (Lipinski definition) is 4. The third-order valence-electron chi connectivity index (χ3n) is 5.41. The Morgan fingerprint density at radius 2 is 2.16 bits per heavy atom. The van der Waals surface area contributed by atoms with Gasteiger partial charge in [0.25, 0.3) is 0 Å². The summed E-state index contributed by atoms with van der Waals surface area (Å²) in [6.07, 6.45) is 5.36. The van der Waals surface area contributed by atoms with Crippen LogP contribution >= 0.6 is 0 Å². The number of amides is 1. The van der Waals surface area contributed by atoms with Crippen LogP contribution in [-0.4, -0.2) is 41.6 Å². The summed E-state index contributed by atoms with van der Waals surface area (Å²) in [7, 11) is 0. The molecule has 5 nitrogen and oxygen atoms in total. The first-order valence-corrected chi connectivity index (χ1v) is 9.01. The largest absolute Gasteiger partial charge is 0.465 e. The number of rotatable bonds is 6. The molecule has 4 atom stereocenters. The molecular formula is C20H23NO4. The average molecular weight is 341 g/mol. The Balaban J connectivity index is 1.52. The summed E-state index contributed by atoms with van der Waals surface area (Å²) >= 11 is 0. The zero-order valence-electron chi connectivity index (χ0n) is 14.4. The summed E-state index contributed by atoms with van der Waals surface area (Å²) in [5.41, 5.74) is 0.415. The fourth-order valence-corrected chi connectivity index (χ4v) is 4.20. The second kappa shape index (κ2) is 6.30. The van der Waals surface area contributed by atoms with E-state index in [1.807, 2.05) is 49.4 Å². The standard InChI is InChI=1S/C20H23NO4/c1-2-3-11-24-19(23)16-15-9-10-20(25-15)13-21(18(22)17(16)20)12-14-7-5-4-6-8-14/h4-10,15-17H,2-3,11-13H2,1H3/t15-,16+,17-,20?/m1/s1. The highest BCUT2D eigenvalue weighted by Crippen LogP contribution is 2.52. The monoisotopic (exact) mass is 341 g/mol. The number of likely N-dealkylation sites (tertiary alicyclic amines) is 1. The third-order valence-corrected chi connectivity index (χ3v) is 5.41. The van der Waals surface area contributed by atoms with Crippen LogP contribution in [0.5, 0.6) is 0 Å². The van der Waals surface area contributed by atoms with Crippen LogP contribution in [0.4, 0.5) is 0 Å². The summed E-state index contributed by atoms with van der Waals surface area (Å²) in [5, 5.41) is 0. The molecule has 1 aromatic rings. The lowest BCUT2D eigenvalue weighted by atomic mass is 9.77. The number of unbranched alkanes of at least 4 members (excludes halogenated alkanes) is 1. The van der Waals surface area contributed by atoms with E-state index in [1.54, 1.807) is 4.90 Å². The van der Waals surface area contributed by atoms with Gasteiger partial charge in [0.05, 0.1) is 25.2 Å². The van der Waals surface area contributed by atoms with Crippen LogP contribution in [0.1, 0.15) is 25.3 Å². The lowest BCUT2D eigenvalue weighted by molar-refractivity contribution is -0.154. The van der Waals surface area contributed by atoms with E-state index in [2.05, 4.69) is 0 Å². The molecule has 1 spiro atoms. The molecule has 25 heavy (non-hydrogen) atoms. The molecule has 2 bridgehead atoms. The SMILES string of the molecule is CCCCOC(=O)[C@H]1[C@H]2C=CC3(CN(Cc4ccccc4)C(=O)[C@@H]13)O2. The summed E-state index contributed by atoms with van der Waals surface area (Å²) in [6, 6.07) is 9.89. The molecule has 132 valence electrons. The Hall–Kier alpha value is -2.14. The number of ether oxygens (including phenoxy) is 2. The van der Waals surface area contributed by atoms with Gasteiger partial charge in [-0.05, 0) is 12.0 Å². The van der Waals surface area contributed by atoms with E-state index in [1.165, 1.54) is 0 Å². The Morgan fingerprint density at radius 1 is 1.36 bits per heavy atom. The van der Waals surface area contributed by atoms with Crippen molar-refractivity contribution in [2.24, 2.45) is 11.8 Å². The third kappa shape index (κ3) is 2.67. The van der Waals surface area contributed by atoms with Crippen LogP contribution in [0.2, 0.25) is 0 Å². The van der Waals surface area contributed by atoms with Gasteiger partial charge < -0.3 is 14.4 Å². The predicted octanol–water partition coefficient (Wildman–Crippen LogP) is 2.31. The van der Waals surface area contributed by atoms with Crippen LogP contribution in [0.15, 0.2) is 42.5 Å². The summed E-state index contributed by atoms with van der Waals surface area (Å²) in [5.74, 6) is -1.28. The van der Waals surface area contributed by atoms with Gasteiger partial charge in [-0.15, -0.1) is 0 Å². The lowest BCUT2D eigenvalue weighted by Crippen LogP contribution is -2.40. The number of nitrogens with zero attached hydrogens (tertiary/aromatic N) is 1. The molecule has 1 amide bonds. The van der Waals surface area contributed by atoms with Crippen molar-refractivity contribution in [3.63, 3.8) is 0 Å². The highest BCUT2D eigenvalue weighted by atomic mass is 16.6. The van der Waals surface area contributed by atoms with E-state index in [4.69, 9.17) is 9.47 Å². The van der Waals surface area contributed by atoms with Crippen molar-refractivity contribution in [2.75, 3.05) is 13.2 Å². The summed E-state index contributed by atoms with van der Waals surface area (Å²) in [4.78, 5) is 27.4. The lowest BCUT2D eigenvalue weighted by Gasteiger charge is -2.22. The molecule has 0 saturated carbocycles. The van der Waals surface area contributed by atoms with Crippen molar-refractivity contribution in [1.82, 2.24) is 4.90 Å². The topological polar surface area (TPSA) is 55.8 Å². The highest BCUT2D eigenvalue weighted by Gasteiger charge is 2.67. The van der Waals surface area contributed by atoms with Gasteiger partial charge in [0.15, 0.2) is 0 Å². The van der Waals surface area contributed by atoms with Gasteiger partial charge in [0.2, 0.25) is 5.91 Å². The molecule has 5 heteroatoms. The second-order valence-corrected chi connectivity index (χ2v) is 7.10. The molecule has 1 aromatic carbocycles. The normalized spacial score (nSPS) is 32.3. The number of carbonyl (C=O) groups is 2. The van der Waals surface area contributed by atoms with E-state index in [9.17, 15) is 9.59 Å². The summed E-state index contributed by atoms with van der Waals surface area (Å²) < 4.78 is 11.5. The van der Waals surface area contributed by atoms with Gasteiger partial charge in [-0.2, -0.15) is 0 Å². The van der Waals surface area contributed by atoms with Crippen molar-refractivity contribution in [2.45, 2.75) is 38.0 Å². The quantitative estimate of drug-likeness (QED) is 0.453. The molecule has 0 radical (unpaired) electrons. The van der Waals surface area contributed by atoms with Crippen LogP contribution in [0, 0.1) is 11.8 Å². The molecule has 4 rings (SSSR count). The molecule has 3 aliphatic rings. The molecule has 3 aliphatic heterocycles. The van der Waals surface area contributed by atoms with Crippen LogP contribution in [0.25, 0.3) is 0 Å². The highest BCUT2D eigenvalue weighted by molar-refractivity contribution is 5.91. The number of esters is 1. The number of hydrogen-bond donors (Lipinski definition) is 0. The van der Waals surface area contributed by atoms with Gasteiger partial charge >= 0.3 is 5.97 Å². The maximum absolute atomic E-state index is 13.0. The van der Waals surface area contributed by atoms with E-state index in [-0.39, 0.29) is 18.0 Å². The van der Waals surface area contributed by atoms with E-state index >= 15 is 0 Å². The van der Waals surface area contributed by atoms with Crippen LogP contribution in [0.3, 0.4) is 0 Å². The fourth-order valence-electron chi connectivity index (χ4n) is 4.20. The van der Waals surface area contributed by atoms with Crippen molar-refractivity contribution in [3.8, 4) is 0 Å². The first-order chi connectivity index (χ1) is 12.1. The Kier molecular flexibility index (Phi) is 4.12. The van der Waals surface area contributed by atoms with Crippen LogP contribution < -0.4 is 0 Å². The molecule has 1 unspecified atom stereocenters. The zero-order chi connectivity index (χ0) is 17.4. The van der Waals surface area contributed by atoms with Gasteiger partial charge in [-0.1, -0.05) is 55.8 Å². The molecule has 0 aliphatic carbocycles. The molecule has 0 aromatic heterocycles. The smallest absolute Gasteiger partial charge is 0.312 e. The molecule has 0 N–H and O–H groups in total. The number of fused-ring (bicyclic) bond motifs is 1. The maximum Gasteiger partial charge on any atom is 0.312 e. The molecular weight excluding hydrogens is 318 g/mol. The Morgan fingerprint density at radius 3 is 2.92 bits per heavy atom. The van der Waals surface area contributed by atoms with Gasteiger partial charge in [0.1, 0.15) is 11.5 Å². The van der Waals surface area contributed by atoms with Gasteiger partial charge in [0, 0.05) is 6.54 Å². The van der Waals surface area contributed by atoms with Crippen molar-refractivity contribution in [3.05, 3.63) is 48.0 Å². The van der Waals surface area contributed by atoms with E-state index < -0.39 is 17.4 Å². The summed E-state index contributed by atoms with van der Waals surface area (Å²) in [6.45, 7) is 3.49. The minimum Gasteiger partial charge on any atom is -0.465 e. The first kappa shape index (κ1) is 16.3. The second-order valence-electron chi connectivity index (χ2n) is 7.10. The number of benzene rings is 1. The van der Waals surface area contributed by atoms with E-state index in [0.717, 1.165) is 18.4 Å². The Bertz CT molecular complexity index is 701. The molecule has 2 saturated heterocycles. The van der Waals surface area contributed by atoms with Crippen molar-refractivity contribution in [1.29, 1.82) is 0 Å². The first-order valence-electron chi connectivity index (χ1n) is 9.01. The molecule has 3 heterocycles. The minimum absolute atomic E-state index is 0.00635. The molecule has 2 fully saturated rings. The number of carbonyl (C=O) groups excluding carboxylic acids is 2. The maximum atomic E-state index is 13.0. The zero-order valence-corrected chi connectivity index (χ0v) is 14.4.